The van der Waals surface area contributed by atoms with Gasteiger partial charge in [-0.15, -0.1) is 0 Å². The lowest BCUT2D eigenvalue weighted by Crippen LogP contribution is -2.39. The highest BCUT2D eigenvalue weighted by Crippen LogP contribution is 2.40. The molecule has 0 spiro atoms. The van der Waals surface area contributed by atoms with E-state index < -0.39 is 0 Å². The van der Waals surface area contributed by atoms with Gasteiger partial charge in [-0.3, -0.25) is 9.59 Å². The van der Waals surface area contributed by atoms with E-state index in [0.717, 1.165) is 23.4 Å². The Hall–Kier alpha value is -2.34. The molecule has 0 unspecified atom stereocenters. The van der Waals surface area contributed by atoms with Crippen molar-refractivity contribution >= 4 is 29.3 Å². The van der Waals surface area contributed by atoms with Gasteiger partial charge in [-0.2, -0.15) is 0 Å². The molecule has 1 aromatic carbocycles. The molecule has 140 valence electrons. The van der Waals surface area contributed by atoms with Crippen molar-refractivity contribution in [3.63, 3.8) is 0 Å². The Morgan fingerprint density at radius 2 is 1.96 bits per heavy atom. The van der Waals surface area contributed by atoms with E-state index in [0.29, 0.717) is 29.6 Å². The number of benzene rings is 1. The second-order valence-corrected chi connectivity index (χ2v) is 8.07. The molecule has 0 bridgehead atoms. The molecule has 1 N–H and O–H groups in total. The van der Waals surface area contributed by atoms with Crippen LogP contribution in [0.25, 0.3) is 0 Å². The molecule has 2 amide bonds. The van der Waals surface area contributed by atoms with Crippen LogP contribution in [-0.2, 0) is 4.79 Å². The van der Waals surface area contributed by atoms with Crippen molar-refractivity contribution in [1.29, 1.82) is 0 Å². The van der Waals surface area contributed by atoms with Gasteiger partial charge in [0, 0.05) is 30.1 Å². The highest BCUT2D eigenvalue weighted by atomic mass is 32.2. The Morgan fingerprint density at radius 3 is 2.81 bits per heavy atom. The SMILES string of the molecule is O=C(CCN1C(=O)c2cccnc2Sc2ccccc21)NC1CCCCC1. The molecule has 6 heteroatoms. The lowest BCUT2D eigenvalue weighted by atomic mass is 9.95. The molecular formula is C21H23N3O2S. The molecule has 0 atom stereocenters. The van der Waals surface area contributed by atoms with E-state index in [-0.39, 0.29) is 11.8 Å². The van der Waals surface area contributed by atoms with Gasteiger partial charge < -0.3 is 10.2 Å². The number of carbonyl (C=O) groups excluding carboxylic acids is 2. The Bertz CT molecular complexity index is 849. The number of pyridine rings is 1. The number of hydrogen-bond acceptors (Lipinski definition) is 4. The van der Waals surface area contributed by atoms with E-state index in [1.807, 2.05) is 24.3 Å². The van der Waals surface area contributed by atoms with Crippen LogP contribution in [0.15, 0.2) is 52.5 Å². The number of aromatic nitrogens is 1. The van der Waals surface area contributed by atoms with Crippen LogP contribution in [0, 0.1) is 0 Å². The molecule has 1 aromatic heterocycles. The third-order valence-corrected chi connectivity index (χ3v) is 6.23. The van der Waals surface area contributed by atoms with Gasteiger partial charge in [0.1, 0.15) is 5.03 Å². The summed E-state index contributed by atoms with van der Waals surface area (Å²) in [6.07, 6.45) is 7.76. The average Bonchev–Trinajstić information content (AvgIpc) is 2.81. The zero-order chi connectivity index (χ0) is 18.6. The van der Waals surface area contributed by atoms with Crippen LogP contribution in [-0.4, -0.2) is 29.4 Å². The molecule has 0 saturated heterocycles. The summed E-state index contributed by atoms with van der Waals surface area (Å²) in [6.45, 7) is 0.364. The van der Waals surface area contributed by atoms with Gasteiger partial charge in [0.05, 0.1) is 11.3 Å². The van der Waals surface area contributed by atoms with E-state index in [4.69, 9.17) is 0 Å². The molecule has 1 aliphatic carbocycles. The summed E-state index contributed by atoms with van der Waals surface area (Å²) in [7, 11) is 0. The van der Waals surface area contributed by atoms with Crippen molar-refractivity contribution in [1.82, 2.24) is 10.3 Å². The Balaban J connectivity index is 1.52. The molecular weight excluding hydrogens is 358 g/mol. The first-order chi connectivity index (χ1) is 13.2. The minimum absolute atomic E-state index is 0.0236. The van der Waals surface area contributed by atoms with E-state index in [9.17, 15) is 9.59 Å². The predicted octanol–water partition coefficient (Wildman–Crippen LogP) is 4.03. The lowest BCUT2D eigenvalue weighted by molar-refractivity contribution is -0.121. The average molecular weight is 382 g/mol. The van der Waals surface area contributed by atoms with Gasteiger partial charge in [0.2, 0.25) is 5.91 Å². The maximum Gasteiger partial charge on any atom is 0.261 e. The van der Waals surface area contributed by atoms with Crippen LogP contribution in [0.1, 0.15) is 48.9 Å². The number of nitrogens with zero attached hydrogens (tertiary/aromatic N) is 2. The Kier molecular flexibility index (Phi) is 5.43. The molecule has 5 nitrogen and oxygen atoms in total. The third-order valence-electron chi connectivity index (χ3n) is 5.14. The van der Waals surface area contributed by atoms with Gasteiger partial charge in [0.15, 0.2) is 0 Å². The third kappa shape index (κ3) is 4.00. The molecule has 2 aromatic rings. The number of anilines is 1. The van der Waals surface area contributed by atoms with E-state index in [1.165, 1.54) is 31.0 Å². The van der Waals surface area contributed by atoms with Crippen molar-refractivity contribution < 1.29 is 9.59 Å². The largest absolute Gasteiger partial charge is 0.353 e. The first kappa shape index (κ1) is 18.0. The van der Waals surface area contributed by atoms with Gasteiger partial charge in [-0.25, -0.2) is 4.98 Å². The van der Waals surface area contributed by atoms with Gasteiger partial charge in [-0.1, -0.05) is 43.2 Å². The summed E-state index contributed by atoms with van der Waals surface area (Å²) >= 11 is 1.50. The van der Waals surface area contributed by atoms with Crippen LogP contribution in [0.3, 0.4) is 0 Å². The summed E-state index contributed by atoms with van der Waals surface area (Å²) in [6, 6.07) is 11.7. The fraction of sp³-hybridized carbons (Fsp3) is 0.381. The minimum atomic E-state index is -0.0963. The number of rotatable bonds is 4. The van der Waals surface area contributed by atoms with Crippen molar-refractivity contribution in [2.75, 3.05) is 11.4 Å². The number of para-hydroxylation sites is 1. The van der Waals surface area contributed by atoms with Crippen LogP contribution in [0.2, 0.25) is 0 Å². The fourth-order valence-electron chi connectivity index (χ4n) is 3.74. The zero-order valence-electron chi connectivity index (χ0n) is 15.2. The van der Waals surface area contributed by atoms with Crippen molar-refractivity contribution in [3.8, 4) is 0 Å². The summed E-state index contributed by atoms with van der Waals surface area (Å²) in [5.74, 6) is -0.0727. The summed E-state index contributed by atoms with van der Waals surface area (Å²) in [5.41, 5.74) is 1.43. The molecule has 1 saturated carbocycles. The lowest BCUT2D eigenvalue weighted by Gasteiger charge is -2.25. The molecule has 27 heavy (non-hydrogen) atoms. The van der Waals surface area contributed by atoms with E-state index in [1.54, 1.807) is 23.2 Å². The predicted molar refractivity (Wildman–Crippen MR) is 106 cm³/mol. The second kappa shape index (κ2) is 8.13. The highest BCUT2D eigenvalue weighted by molar-refractivity contribution is 7.99. The van der Waals surface area contributed by atoms with Gasteiger partial charge >= 0.3 is 0 Å². The van der Waals surface area contributed by atoms with Gasteiger partial charge in [-0.05, 0) is 37.1 Å². The van der Waals surface area contributed by atoms with Crippen molar-refractivity contribution in [3.05, 3.63) is 48.2 Å². The summed E-state index contributed by atoms with van der Waals surface area (Å²) in [4.78, 5) is 32.7. The van der Waals surface area contributed by atoms with Gasteiger partial charge in [0.25, 0.3) is 5.91 Å². The number of fused-ring (bicyclic) bond motifs is 2. The summed E-state index contributed by atoms with van der Waals surface area (Å²) in [5, 5.41) is 3.85. The molecule has 0 radical (unpaired) electrons. The normalized spacial score (nSPS) is 17.0. The fourth-order valence-corrected chi connectivity index (χ4v) is 4.76. The van der Waals surface area contributed by atoms with Crippen LogP contribution < -0.4 is 10.2 Å². The second-order valence-electron chi connectivity index (χ2n) is 7.04. The molecule has 2 aliphatic rings. The number of hydrogen-bond donors (Lipinski definition) is 1. The van der Waals surface area contributed by atoms with Crippen LogP contribution in [0.5, 0.6) is 0 Å². The molecule has 1 aliphatic heterocycles. The molecule has 1 fully saturated rings. The van der Waals surface area contributed by atoms with E-state index >= 15 is 0 Å². The standard InChI is InChI=1S/C21H23N3O2S/c25-19(23-15-7-2-1-3-8-15)12-14-24-17-10-4-5-11-18(17)27-20-16(21(24)26)9-6-13-22-20/h4-6,9-11,13,15H,1-3,7-8,12,14H2,(H,23,25). The molecule has 2 heterocycles. The Morgan fingerprint density at radius 1 is 1.15 bits per heavy atom. The smallest absolute Gasteiger partial charge is 0.261 e. The zero-order valence-corrected chi connectivity index (χ0v) is 16.0. The maximum absolute atomic E-state index is 13.1. The molecule has 4 rings (SSSR count). The Labute approximate surface area is 163 Å². The maximum atomic E-state index is 13.1. The topological polar surface area (TPSA) is 62.3 Å². The summed E-state index contributed by atoms with van der Waals surface area (Å²) < 4.78 is 0. The number of nitrogens with one attached hydrogen (secondary N) is 1. The van der Waals surface area contributed by atoms with Crippen molar-refractivity contribution in [2.24, 2.45) is 0 Å². The first-order valence-corrected chi connectivity index (χ1v) is 10.4. The number of carbonyl (C=O) groups is 2. The van der Waals surface area contributed by atoms with E-state index in [2.05, 4.69) is 10.3 Å². The number of amides is 2. The van der Waals surface area contributed by atoms with Crippen LogP contribution >= 0.6 is 11.8 Å². The van der Waals surface area contributed by atoms with Crippen LogP contribution in [0.4, 0.5) is 5.69 Å². The quantitative estimate of drug-likeness (QED) is 0.868. The highest BCUT2D eigenvalue weighted by Gasteiger charge is 2.28. The monoisotopic (exact) mass is 381 g/mol. The van der Waals surface area contributed by atoms with Crippen molar-refractivity contribution in [2.45, 2.75) is 54.5 Å². The first-order valence-electron chi connectivity index (χ1n) is 9.55. The minimum Gasteiger partial charge on any atom is -0.353 e.